The molecule has 10 aromatic rings. The van der Waals surface area contributed by atoms with Crippen LogP contribution in [-0.2, 0) is 0 Å². The Hall–Kier alpha value is -6.90. The molecule has 6 nitrogen and oxygen atoms in total. The molecule has 0 spiro atoms. The van der Waals surface area contributed by atoms with E-state index in [9.17, 15) is 9.59 Å². The minimum absolute atomic E-state index is 0.0635. The lowest BCUT2D eigenvalue weighted by molar-refractivity contribution is -0.254. The van der Waals surface area contributed by atoms with E-state index in [1.165, 1.54) is 62.4 Å². The van der Waals surface area contributed by atoms with Gasteiger partial charge in [0.2, 0.25) is 10.9 Å². The van der Waals surface area contributed by atoms with E-state index in [2.05, 4.69) is 0 Å². The lowest BCUT2D eigenvalue weighted by Crippen LogP contribution is -2.48. The van der Waals surface area contributed by atoms with Crippen molar-refractivity contribution in [2.75, 3.05) is 0 Å². The molecule has 1 aliphatic rings. The molecule has 0 aliphatic heterocycles. The van der Waals surface area contributed by atoms with Crippen LogP contribution in [0, 0.1) is 13.8 Å². The van der Waals surface area contributed by atoms with Crippen LogP contribution in [0.1, 0.15) is 20.9 Å². The first-order valence-corrected chi connectivity index (χ1v) is 21.0. The molecule has 11 rings (SSSR count). The number of halogens is 6. The number of allylic oxidation sites excluding steroid dienone is 2. The van der Waals surface area contributed by atoms with Gasteiger partial charge in [-0.15, -0.1) is 22.7 Å². The number of ether oxygens (including phenoxy) is 2. The summed E-state index contributed by atoms with van der Waals surface area (Å²) >= 11 is 1.95. The number of benzene rings is 6. The number of alkyl halides is 6. The molecule has 0 saturated heterocycles. The summed E-state index contributed by atoms with van der Waals surface area (Å²) in [7, 11) is 0. The summed E-state index contributed by atoms with van der Waals surface area (Å²) in [6, 6.07) is 31.6. The summed E-state index contributed by atoms with van der Waals surface area (Å²) in [5.74, 6) is -15.3. The highest BCUT2D eigenvalue weighted by Gasteiger charge is 2.80. The smallest absolute Gasteiger partial charge is 0.380 e. The van der Waals surface area contributed by atoms with Crippen LogP contribution in [0.4, 0.5) is 26.3 Å². The van der Waals surface area contributed by atoms with Gasteiger partial charge in [-0.3, -0.25) is 9.59 Å². The third-order valence-corrected chi connectivity index (χ3v) is 13.5. The Bertz CT molecular complexity index is 3520. The number of rotatable bonds is 6. The molecule has 1 aliphatic carbocycles. The van der Waals surface area contributed by atoms with Crippen molar-refractivity contribution in [3.8, 4) is 23.0 Å². The van der Waals surface area contributed by atoms with Crippen LogP contribution in [0.5, 0.6) is 23.0 Å². The highest BCUT2D eigenvalue weighted by atomic mass is 32.1. The van der Waals surface area contributed by atoms with Crippen molar-refractivity contribution in [3.05, 3.63) is 163 Å². The maximum atomic E-state index is 16.3. The lowest BCUT2D eigenvalue weighted by Gasteiger charge is -2.26. The molecule has 4 heterocycles. The molecule has 4 aromatic heterocycles. The highest BCUT2D eigenvalue weighted by Crippen LogP contribution is 2.67. The van der Waals surface area contributed by atoms with Crippen molar-refractivity contribution < 1.29 is 44.7 Å². The number of para-hydroxylation sites is 2. The fourth-order valence-electron chi connectivity index (χ4n) is 8.50. The molecule has 0 atom stereocenters. The summed E-state index contributed by atoms with van der Waals surface area (Å²) in [6.45, 7) is 2.85. The average molecular weight is 889 g/mol. The van der Waals surface area contributed by atoms with Gasteiger partial charge in [-0.05, 0) is 98.8 Å². The van der Waals surface area contributed by atoms with Crippen molar-refractivity contribution in [2.45, 2.75) is 31.6 Å². The Morgan fingerprint density at radius 1 is 0.444 bits per heavy atom. The molecular formula is C49H26F6O6S2. The van der Waals surface area contributed by atoms with Gasteiger partial charge < -0.3 is 18.3 Å². The topological polar surface area (TPSA) is 78.9 Å². The predicted octanol–water partition coefficient (Wildman–Crippen LogP) is 14.7. The first-order valence-electron chi connectivity index (χ1n) is 19.3. The summed E-state index contributed by atoms with van der Waals surface area (Å²) in [5.41, 5.74) is -2.83. The van der Waals surface area contributed by atoms with E-state index in [-0.39, 0.29) is 65.5 Å². The van der Waals surface area contributed by atoms with Gasteiger partial charge in [-0.25, -0.2) is 0 Å². The first kappa shape index (κ1) is 39.0. The van der Waals surface area contributed by atoms with E-state index >= 15 is 26.3 Å². The third-order valence-electron chi connectivity index (χ3n) is 11.4. The first-order chi connectivity index (χ1) is 30.1. The minimum Gasteiger partial charge on any atom is -0.457 e. The standard InChI is InChI=1S/C49H26F6O6S2/c1-23-41(33-17-13-27(21-39(33)62-23)58-25-11-15-31-37(19-25)60-35-9-5-3-7-29(35)45(31)56)43-44(48(52,53)49(54,55)47(43,50)51)42-24(2)63-40-22-28(14-18-34(40)42)59-26-12-16-32-38(20-26)61-36-10-6-4-8-30(36)46(32)57/h3-22H,1-2H3. The summed E-state index contributed by atoms with van der Waals surface area (Å²) in [5, 5.41) is 1.63. The lowest BCUT2D eigenvalue weighted by atomic mass is 9.91. The maximum absolute atomic E-state index is 16.3. The van der Waals surface area contributed by atoms with Crippen molar-refractivity contribution in [1.82, 2.24) is 0 Å². The zero-order valence-corrected chi connectivity index (χ0v) is 34.2. The molecule has 0 unspecified atom stereocenters. The Kier molecular flexibility index (Phi) is 8.38. The molecule has 0 fully saturated rings. The Morgan fingerprint density at radius 2 is 0.794 bits per heavy atom. The van der Waals surface area contributed by atoms with Crippen molar-refractivity contribution >= 4 is 97.9 Å². The van der Waals surface area contributed by atoms with Gasteiger partial charge in [0.25, 0.3) is 0 Å². The van der Waals surface area contributed by atoms with Crippen LogP contribution in [0.15, 0.2) is 140 Å². The molecule has 14 heteroatoms. The zero-order valence-electron chi connectivity index (χ0n) is 32.6. The van der Waals surface area contributed by atoms with E-state index in [4.69, 9.17) is 18.3 Å². The Morgan fingerprint density at radius 3 is 1.21 bits per heavy atom. The Labute approximate surface area is 358 Å². The molecule has 0 bridgehead atoms. The molecule has 0 N–H and O–H groups in total. The number of fused-ring (bicyclic) bond motifs is 6. The van der Waals surface area contributed by atoms with E-state index in [1.54, 1.807) is 72.8 Å². The minimum atomic E-state index is -5.77. The SMILES string of the molecule is Cc1sc2cc(Oc3ccc4c(=O)c5ccccc5oc4c3)ccc2c1C1=C(c2c(C)sc3cc(Oc4ccc5c(=O)c6ccccc6oc5c4)ccc23)C(F)(F)C(F)(F)C1(F)F. The highest BCUT2D eigenvalue weighted by molar-refractivity contribution is 7.19. The quantitative estimate of drug-likeness (QED) is 0.122. The second kappa shape index (κ2) is 13.5. The second-order valence-electron chi connectivity index (χ2n) is 15.2. The van der Waals surface area contributed by atoms with Gasteiger partial charge in [0.05, 0.1) is 21.5 Å². The van der Waals surface area contributed by atoms with Gasteiger partial charge >= 0.3 is 17.8 Å². The summed E-state index contributed by atoms with van der Waals surface area (Å²) < 4.78 is 121. The van der Waals surface area contributed by atoms with Crippen LogP contribution < -0.4 is 20.3 Å². The second-order valence-corrected chi connectivity index (χ2v) is 17.7. The molecule has 0 radical (unpaired) electrons. The fraction of sp³-hybridized carbons (Fsp3) is 0.102. The van der Waals surface area contributed by atoms with E-state index < -0.39 is 40.0 Å². The third kappa shape index (κ3) is 5.70. The molecule has 0 saturated carbocycles. The van der Waals surface area contributed by atoms with E-state index in [1.807, 2.05) is 0 Å². The van der Waals surface area contributed by atoms with E-state index in [0.29, 0.717) is 42.1 Å². The Balaban J connectivity index is 0.986. The maximum Gasteiger partial charge on any atom is 0.380 e. The summed E-state index contributed by atoms with van der Waals surface area (Å²) in [4.78, 5) is 26.3. The molecule has 312 valence electrons. The number of hydrogen-bond acceptors (Lipinski definition) is 8. The largest absolute Gasteiger partial charge is 0.457 e. The molecule has 63 heavy (non-hydrogen) atoms. The average Bonchev–Trinajstić information content (AvgIpc) is 3.78. The number of hydrogen-bond donors (Lipinski definition) is 0. The zero-order chi connectivity index (χ0) is 43.7. The number of thiophene rings is 2. The van der Waals surface area contributed by atoms with Crippen LogP contribution in [0.3, 0.4) is 0 Å². The van der Waals surface area contributed by atoms with Gasteiger partial charge in [0.1, 0.15) is 45.3 Å². The molecule has 6 aromatic carbocycles. The normalized spacial score (nSPS) is 15.7. The van der Waals surface area contributed by atoms with Crippen LogP contribution in [-0.4, -0.2) is 17.8 Å². The van der Waals surface area contributed by atoms with Crippen molar-refractivity contribution in [1.29, 1.82) is 0 Å². The van der Waals surface area contributed by atoms with Crippen LogP contribution in [0.2, 0.25) is 0 Å². The van der Waals surface area contributed by atoms with Crippen molar-refractivity contribution in [2.24, 2.45) is 0 Å². The molecule has 0 amide bonds. The van der Waals surface area contributed by atoms with Gasteiger partial charge in [-0.2, -0.15) is 26.3 Å². The van der Waals surface area contributed by atoms with Crippen molar-refractivity contribution in [3.63, 3.8) is 0 Å². The van der Waals surface area contributed by atoms with E-state index in [0.717, 1.165) is 22.7 Å². The van der Waals surface area contributed by atoms with Gasteiger partial charge in [0, 0.05) is 64.3 Å². The number of aryl methyl sites for hydroxylation is 2. The molecular weight excluding hydrogens is 863 g/mol. The summed E-state index contributed by atoms with van der Waals surface area (Å²) in [6.07, 6.45) is 0. The van der Waals surface area contributed by atoms with Gasteiger partial charge in [-0.1, -0.05) is 24.3 Å². The van der Waals surface area contributed by atoms with Gasteiger partial charge in [0.15, 0.2) is 0 Å². The van der Waals surface area contributed by atoms with Crippen LogP contribution >= 0.6 is 22.7 Å². The predicted molar refractivity (Wildman–Crippen MR) is 235 cm³/mol. The fourth-order valence-corrected chi connectivity index (χ4v) is 10.7. The van der Waals surface area contributed by atoms with Crippen LogP contribution in [0.25, 0.3) is 75.2 Å². The monoisotopic (exact) mass is 888 g/mol.